The minimum atomic E-state index is -0.339. The lowest BCUT2D eigenvalue weighted by molar-refractivity contribution is 0.121. The Balaban J connectivity index is 1.55. The highest BCUT2D eigenvalue weighted by Gasteiger charge is 2.19. The monoisotopic (exact) mass is 352 g/mol. The normalized spacial score (nSPS) is 14.8. The van der Waals surface area contributed by atoms with Gasteiger partial charge in [-0.3, -0.25) is 4.57 Å². The molecule has 2 heterocycles. The minimum absolute atomic E-state index is 0.282. The summed E-state index contributed by atoms with van der Waals surface area (Å²) in [6.07, 6.45) is 0. The molecule has 0 spiro atoms. The Kier molecular flexibility index (Phi) is 5.92. The first-order chi connectivity index (χ1) is 11.8. The largest absolute Gasteiger partial charge is 0.490 e. The fraction of sp³-hybridized carbons (Fsp3) is 0.500. The van der Waals surface area contributed by atoms with Crippen LogP contribution >= 0.6 is 11.8 Å². The van der Waals surface area contributed by atoms with Crippen molar-refractivity contribution in [1.82, 2.24) is 14.8 Å². The number of nitrogens with zero attached hydrogens (tertiary/aromatic N) is 4. The molecule has 1 saturated heterocycles. The minimum Gasteiger partial charge on any atom is -0.490 e. The van der Waals surface area contributed by atoms with Crippen LogP contribution in [0.1, 0.15) is 6.92 Å². The first-order valence-corrected chi connectivity index (χ1v) is 9.04. The molecule has 0 bridgehead atoms. The molecule has 0 N–H and O–H groups in total. The lowest BCUT2D eigenvalue weighted by atomic mass is 10.3. The molecule has 6 nitrogen and oxygen atoms in total. The van der Waals surface area contributed by atoms with E-state index in [1.165, 1.54) is 6.07 Å². The van der Waals surface area contributed by atoms with Gasteiger partial charge in [0.05, 0.1) is 19.8 Å². The van der Waals surface area contributed by atoms with Crippen molar-refractivity contribution in [2.24, 2.45) is 0 Å². The third-order valence-electron chi connectivity index (χ3n) is 3.72. The Morgan fingerprint density at radius 1 is 1.25 bits per heavy atom. The highest BCUT2D eigenvalue weighted by molar-refractivity contribution is 7.99. The maximum atomic E-state index is 13.5. The Hall–Kier alpha value is -1.80. The van der Waals surface area contributed by atoms with Crippen LogP contribution in [0.4, 0.5) is 10.3 Å². The number of benzene rings is 1. The second-order valence-corrected chi connectivity index (χ2v) is 6.32. The van der Waals surface area contributed by atoms with Crippen molar-refractivity contribution < 1.29 is 13.9 Å². The van der Waals surface area contributed by atoms with Crippen LogP contribution in [0.5, 0.6) is 5.75 Å². The number of para-hydroxylation sites is 1. The van der Waals surface area contributed by atoms with Gasteiger partial charge in [-0.1, -0.05) is 23.9 Å². The van der Waals surface area contributed by atoms with Crippen molar-refractivity contribution in [3.63, 3.8) is 0 Å². The number of hydrogen-bond acceptors (Lipinski definition) is 6. The Morgan fingerprint density at radius 2 is 2.04 bits per heavy atom. The van der Waals surface area contributed by atoms with Gasteiger partial charge in [0.2, 0.25) is 5.95 Å². The molecule has 0 aliphatic carbocycles. The van der Waals surface area contributed by atoms with Gasteiger partial charge in [0, 0.05) is 25.4 Å². The molecular formula is C16H21FN4O2S. The number of rotatable bonds is 7. The summed E-state index contributed by atoms with van der Waals surface area (Å²) in [5.74, 6) is 1.51. The van der Waals surface area contributed by atoms with E-state index in [-0.39, 0.29) is 11.6 Å². The van der Waals surface area contributed by atoms with E-state index in [1.54, 1.807) is 30.0 Å². The van der Waals surface area contributed by atoms with Crippen LogP contribution in [0.25, 0.3) is 0 Å². The topological polar surface area (TPSA) is 52.4 Å². The van der Waals surface area contributed by atoms with Crippen molar-refractivity contribution in [3.8, 4) is 5.75 Å². The Labute approximate surface area is 145 Å². The number of morpholine rings is 1. The molecule has 24 heavy (non-hydrogen) atoms. The van der Waals surface area contributed by atoms with Crippen LogP contribution in [0.3, 0.4) is 0 Å². The van der Waals surface area contributed by atoms with Crippen LogP contribution in [0.2, 0.25) is 0 Å². The van der Waals surface area contributed by atoms with E-state index < -0.39 is 0 Å². The van der Waals surface area contributed by atoms with Crippen LogP contribution in [-0.4, -0.2) is 53.4 Å². The van der Waals surface area contributed by atoms with Crippen LogP contribution < -0.4 is 9.64 Å². The molecule has 1 aromatic carbocycles. The highest BCUT2D eigenvalue weighted by Crippen LogP contribution is 2.23. The highest BCUT2D eigenvalue weighted by atomic mass is 32.2. The maximum absolute atomic E-state index is 13.5. The molecule has 0 atom stereocenters. The summed E-state index contributed by atoms with van der Waals surface area (Å²) in [4.78, 5) is 2.19. The van der Waals surface area contributed by atoms with Gasteiger partial charge in [-0.15, -0.1) is 10.2 Å². The van der Waals surface area contributed by atoms with E-state index in [9.17, 15) is 4.39 Å². The van der Waals surface area contributed by atoms with E-state index in [4.69, 9.17) is 9.47 Å². The van der Waals surface area contributed by atoms with Gasteiger partial charge in [-0.05, 0) is 19.1 Å². The van der Waals surface area contributed by atoms with Gasteiger partial charge < -0.3 is 14.4 Å². The smallest absolute Gasteiger partial charge is 0.228 e. The summed E-state index contributed by atoms with van der Waals surface area (Å²) in [6.45, 7) is 6.39. The van der Waals surface area contributed by atoms with Crippen molar-refractivity contribution in [2.45, 2.75) is 18.6 Å². The van der Waals surface area contributed by atoms with Gasteiger partial charge >= 0.3 is 0 Å². The maximum Gasteiger partial charge on any atom is 0.228 e. The molecule has 1 aromatic heterocycles. The molecule has 2 aromatic rings. The van der Waals surface area contributed by atoms with Gasteiger partial charge in [-0.25, -0.2) is 4.39 Å². The third-order valence-corrected chi connectivity index (χ3v) is 4.65. The molecule has 8 heteroatoms. The second-order valence-electron chi connectivity index (χ2n) is 5.25. The number of thioether (sulfide) groups is 1. The number of anilines is 1. The SMILES string of the molecule is CCn1c(SCCOc2ccccc2F)nnc1N1CCOCC1. The molecular weight excluding hydrogens is 331 g/mol. The zero-order valence-corrected chi connectivity index (χ0v) is 14.5. The Morgan fingerprint density at radius 3 is 2.79 bits per heavy atom. The molecule has 0 saturated carbocycles. The predicted octanol–water partition coefficient (Wildman–Crippen LogP) is 2.44. The fourth-order valence-electron chi connectivity index (χ4n) is 2.51. The number of hydrogen-bond donors (Lipinski definition) is 0. The average Bonchev–Trinajstić information content (AvgIpc) is 3.04. The summed E-state index contributed by atoms with van der Waals surface area (Å²) < 4.78 is 26.4. The molecule has 1 aliphatic rings. The predicted molar refractivity (Wildman–Crippen MR) is 91.3 cm³/mol. The van der Waals surface area contributed by atoms with Crippen molar-refractivity contribution in [1.29, 1.82) is 0 Å². The summed E-state index contributed by atoms with van der Waals surface area (Å²) in [5.41, 5.74) is 0. The van der Waals surface area contributed by atoms with Gasteiger partial charge in [0.15, 0.2) is 16.7 Å². The van der Waals surface area contributed by atoms with E-state index in [1.807, 2.05) is 0 Å². The average molecular weight is 352 g/mol. The zero-order chi connectivity index (χ0) is 16.8. The van der Waals surface area contributed by atoms with Crippen LogP contribution in [0.15, 0.2) is 29.4 Å². The first kappa shape index (κ1) is 17.0. The second kappa shape index (κ2) is 8.34. The van der Waals surface area contributed by atoms with Crippen molar-refractivity contribution in [2.75, 3.05) is 43.6 Å². The van der Waals surface area contributed by atoms with E-state index >= 15 is 0 Å². The first-order valence-electron chi connectivity index (χ1n) is 8.05. The summed E-state index contributed by atoms with van der Waals surface area (Å²) >= 11 is 1.57. The summed E-state index contributed by atoms with van der Waals surface area (Å²) in [5, 5.41) is 9.47. The molecule has 0 unspecified atom stereocenters. The summed E-state index contributed by atoms with van der Waals surface area (Å²) in [7, 11) is 0. The van der Waals surface area contributed by atoms with E-state index in [2.05, 4.69) is 26.6 Å². The zero-order valence-electron chi connectivity index (χ0n) is 13.7. The van der Waals surface area contributed by atoms with Crippen LogP contribution in [0, 0.1) is 5.82 Å². The lowest BCUT2D eigenvalue weighted by Crippen LogP contribution is -2.38. The van der Waals surface area contributed by atoms with Gasteiger partial charge in [0.25, 0.3) is 0 Å². The van der Waals surface area contributed by atoms with Crippen molar-refractivity contribution in [3.05, 3.63) is 30.1 Å². The van der Waals surface area contributed by atoms with E-state index in [0.717, 1.165) is 44.0 Å². The number of ether oxygens (including phenoxy) is 2. The standard InChI is InChI=1S/C16H21FN4O2S/c1-2-21-15(20-7-9-22-10-8-20)18-19-16(21)24-12-11-23-14-6-4-3-5-13(14)17/h3-6H,2,7-12H2,1H3. The lowest BCUT2D eigenvalue weighted by Gasteiger charge is -2.27. The van der Waals surface area contributed by atoms with Crippen molar-refractivity contribution >= 4 is 17.7 Å². The fourth-order valence-corrected chi connectivity index (χ4v) is 3.32. The molecule has 130 valence electrons. The molecule has 3 rings (SSSR count). The van der Waals surface area contributed by atoms with E-state index in [0.29, 0.717) is 12.4 Å². The third kappa shape index (κ3) is 3.99. The molecule has 1 fully saturated rings. The quantitative estimate of drug-likeness (QED) is 0.564. The molecule has 0 amide bonds. The number of aromatic nitrogens is 3. The van der Waals surface area contributed by atoms with Crippen LogP contribution in [-0.2, 0) is 11.3 Å². The van der Waals surface area contributed by atoms with Gasteiger partial charge in [-0.2, -0.15) is 0 Å². The molecule has 1 aliphatic heterocycles. The number of halogens is 1. The molecule has 0 radical (unpaired) electrons. The Bertz CT molecular complexity index is 661. The summed E-state index contributed by atoms with van der Waals surface area (Å²) in [6, 6.07) is 6.43. The van der Waals surface area contributed by atoms with Gasteiger partial charge in [0.1, 0.15) is 0 Å².